The summed E-state index contributed by atoms with van der Waals surface area (Å²) >= 11 is 6.35. The maximum absolute atomic E-state index is 13.7. The fourth-order valence-electron chi connectivity index (χ4n) is 6.09. The van der Waals surface area contributed by atoms with Gasteiger partial charge < -0.3 is 29.2 Å². The monoisotopic (exact) mass is 666 g/mol. The highest BCUT2D eigenvalue weighted by molar-refractivity contribution is 6.32. The van der Waals surface area contributed by atoms with Crippen molar-refractivity contribution in [1.82, 2.24) is 14.3 Å². The van der Waals surface area contributed by atoms with Crippen LogP contribution in [0.5, 0.6) is 5.75 Å². The molecule has 0 atom stereocenters. The highest BCUT2D eigenvalue weighted by Gasteiger charge is 2.28. The van der Waals surface area contributed by atoms with Crippen LogP contribution in [0.1, 0.15) is 72.2 Å². The predicted molar refractivity (Wildman–Crippen MR) is 189 cm³/mol. The van der Waals surface area contributed by atoms with Crippen LogP contribution in [0.15, 0.2) is 30.3 Å². The molecule has 2 aromatic heterocycles. The van der Waals surface area contributed by atoms with Crippen molar-refractivity contribution in [2.75, 3.05) is 39.6 Å². The van der Waals surface area contributed by atoms with Gasteiger partial charge in [-0.3, -0.25) is 4.68 Å². The smallest absolute Gasteiger partial charge is 0.355 e. The van der Waals surface area contributed by atoms with Crippen LogP contribution in [0.3, 0.4) is 0 Å². The van der Waals surface area contributed by atoms with Crippen molar-refractivity contribution in [3.63, 3.8) is 0 Å². The summed E-state index contributed by atoms with van der Waals surface area (Å²) in [4.78, 5) is 13.7. The van der Waals surface area contributed by atoms with Gasteiger partial charge in [-0.25, -0.2) is 4.79 Å². The van der Waals surface area contributed by atoms with Crippen LogP contribution in [0.4, 0.5) is 0 Å². The lowest BCUT2D eigenvalue weighted by molar-refractivity contribution is 0.00581. The third-order valence-electron chi connectivity index (χ3n) is 8.10. The summed E-state index contributed by atoms with van der Waals surface area (Å²) in [7, 11) is 1.95. The van der Waals surface area contributed by atoms with E-state index in [4.69, 9.17) is 41.4 Å². The molecule has 0 bridgehead atoms. The molecule has 4 rings (SSSR count). The fraction of sp³-hybridized carbons (Fsp3) is 0.514. The Kier molecular flexibility index (Phi) is 12.5. The van der Waals surface area contributed by atoms with E-state index in [1.807, 2.05) is 70.0 Å². The van der Waals surface area contributed by atoms with Crippen LogP contribution in [0, 0.1) is 27.7 Å². The van der Waals surface area contributed by atoms with Gasteiger partial charge in [-0.1, -0.05) is 29.8 Å². The molecular formula is C37H51ClN4O5. The van der Waals surface area contributed by atoms with E-state index in [0.717, 1.165) is 80.3 Å². The van der Waals surface area contributed by atoms with Gasteiger partial charge in [0.05, 0.1) is 37.6 Å². The minimum atomic E-state index is -0.628. The summed E-state index contributed by atoms with van der Waals surface area (Å²) in [5, 5.41) is 6.69. The van der Waals surface area contributed by atoms with Gasteiger partial charge in [0.25, 0.3) is 0 Å². The second kappa shape index (κ2) is 16.2. The summed E-state index contributed by atoms with van der Waals surface area (Å²) in [5.41, 5.74) is 13.4. The maximum atomic E-state index is 13.7. The Bertz CT molecular complexity index is 1660. The van der Waals surface area contributed by atoms with E-state index in [2.05, 4.69) is 25.1 Å². The first-order valence-corrected chi connectivity index (χ1v) is 16.8. The third-order valence-corrected chi connectivity index (χ3v) is 8.70. The zero-order chi connectivity index (χ0) is 34.3. The van der Waals surface area contributed by atoms with Gasteiger partial charge in [0.1, 0.15) is 17.0 Å². The van der Waals surface area contributed by atoms with E-state index >= 15 is 0 Å². The van der Waals surface area contributed by atoms with Gasteiger partial charge in [0.15, 0.2) is 0 Å². The lowest BCUT2D eigenvalue weighted by Gasteiger charge is -2.20. The van der Waals surface area contributed by atoms with Crippen molar-refractivity contribution in [2.45, 2.75) is 79.9 Å². The van der Waals surface area contributed by atoms with Crippen molar-refractivity contribution >= 4 is 28.5 Å². The Morgan fingerprint density at radius 2 is 1.64 bits per heavy atom. The number of benzene rings is 2. The fourth-order valence-corrected chi connectivity index (χ4v) is 6.20. The molecule has 0 aliphatic rings. The van der Waals surface area contributed by atoms with Crippen LogP contribution >= 0.6 is 11.6 Å². The number of fused-ring (bicyclic) bond motifs is 1. The lowest BCUT2D eigenvalue weighted by atomic mass is 9.98. The van der Waals surface area contributed by atoms with Crippen molar-refractivity contribution in [3.8, 4) is 16.9 Å². The van der Waals surface area contributed by atoms with Crippen LogP contribution in [0.2, 0.25) is 5.02 Å². The van der Waals surface area contributed by atoms with E-state index in [-0.39, 0.29) is 5.97 Å². The standard InChI is InChI=1S/C37H51ClN4O5/c1-24-22-28(23-25(2)33(24)38)46-18-10-14-30-29-12-9-13-31(34(29)41(8)35(30)36(43)47-37(5,6)7)32-26(3)40-42(27(32)4)16-11-17-44-20-21-45-19-15-39/h9,12-13,22-23H,10-11,14-21,39H2,1-8H3. The molecule has 47 heavy (non-hydrogen) atoms. The van der Waals surface area contributed by atoms with Crippen molar-refractivity contribution in [2.24, 2.45) is 12.8 Å². The molecular weight excluding hydrogens is 616 g/mol. The number of hydrogen-bond donors (Lipinski definition) is 1. The zero-order valence-electron chi connectivity index (χ0n) is 29.3. The number of ether oxygens (including phenoxy) is 4. The number of halogens is 1. The SMILES string of the molecule is Cc1cc(OCCCc2c(C(=O)OC(C)(C)C)n(C)c3c(-c4c(C)nn(CCCOCCOCCN)c4C)cccc23)cc(C)c1Cl. The Morgan fingerprint density at radius 1 is 0.957 bits per heavy atom. The van der Waals surface area contributed by atoms with Crippen LogP contribution < -0.4 is 10.5 Å². The van der Waals surface area contributed by atoms with Crippen LogP contribution in [0.25, 0.3) is 22.0 Å². The van der Waals surface area contributed by atoms with E-state index in [0.29, 0.717) is 51.7 Å². The van der Waals surface area contributed by atoms with Gasteiger partial charge in [-0.2, -0.15) is 5.10 Å². The molecule has 0 amide bonds. The maximum Gasteiger partial charge on any atom is 0.355 e. The largest absolute Gasteiger partial charge is 0.494 e. The number of carbonyl (C=O) groups is 1. The summed E-state index contributed by atoms with van der Waals surface area (Å²) in [6.45, 7) is 17.8. The molecule has 0 aliphatic heterocycles. The first kappa shape index (κ1) is 36.5. The Hall–Kier alpha value is -3.37. The summed E-state index contributed by atoms with van der Waals surface area (Å²) in [5.74, 6) is 0.461. The molecule has 9 nitrogen and oxygen atoms in total. The molecule has 10 heteroatoms. The number of para-hydroxylation sites is 1. The normalized spacial score (nSPS) is 11.9. The Morgan fingerprint density at radius 3 is 2.30 bits per heavy atom. The predicted octanol–water partition coefficient (Wildman–Crippen LogP) is 7.28. The van der Waals surface area contributed by atoms with Crippen molar-refractivity contribution in [3.05, 3.63) is 69.1 Å². The first-order chi connectivity index (χ1) is 22.3. The molecule has 0 radical (unpaired) electrons. The van der Waals surface area contributed by atoms with Crippen LogP contribution in [-0.4, -0.2) is 65.5 Å². The highest BCUT2D eigenvalue weighted by atomic mass is 35.5. The number of carbonyl (C=O) groups excluding carboxylic acids is 1. The molecule has 4 aromatic rings. The van der Waals surface area contributed by atoms with Gasteiger partial charge in [0, 0.05) is 54.0 Å². The molecule has 2 aromatic carbocycles. The number of aromatic nitrogens is 3. The van der Waals surface area contributed by atoms with E-state index in [1.54, 1.807) is 0 Å². The number of nitrogens with zero attached hydrogens (tertiary/aromatic N) is 3. The molecule has 0 aliphatic carbocycles. The van der Waals surface area contributed by atoms with Crippen molar-refractivity contribution < 1.29 is 23.7 Å². The molecule has 0 saturated carbocycles. The molecule has 0 spiro atoms. The number of aryl methyl sites for hydroxylation is 6. The minimum absolute atomic E-state index is 0.334. The quantitative estimate of drug-likeness (QED) is 0.0990. The van der Waals surface area contributed by atoms with E-state index < -0.39 is 5.60 Å². The number of nitrogens with two attached hydrogens (primary N) is 1. The second-order valence-electron chi connectivity index (χ2n) is 13.0. The highest BCUT2D eigenvalue weighted by Crippen LogP contribution is 2.38. The summed E-state index contributed by atoms with van der Waals surface area (Å²) in [6.07, 6.45) is 2.20. The molecule has 256 valence electrons. The van der Waals surface area contributed by atoms with Crippen LogP contribution in [-0.2, 0) is 34.2 Å². The molecule has 2 N–H and O–H groups in total. The van der Waals surface area contributed by atoms with E-state index in [1.165, 1.54) is 0 Å². The van der Waals surface area contributed by atoms with E-state index in [9.17, 15) is 4.79 Å². The average Bonchev–Trinajstić information content (AvgIpc) is 3.45. The lowest BCUT2D eigenvalue weighted by Crippen LogP contribution is -2.26. The van der Waals surface area contributed by atoms with Gasteiger partial charge in [0.2, 0.25) is 0 Å². The number of rotatable bonds is 16. The number of esters is 1. The molecule has 2 heterocycles. The molecule has 0 fully saturated rings. The van der Waals surface area contributed by atoms with Gasteiger partial charge in [-0.15, -0.1) is 0 Å². The molecule has 0 unspecified atom stereocenters. The second-order valence-corrected chi connectivity index (χ2v) is 13.4. The zero-order valence-corrected chi connectivity index (χ0v) is 30.1. The Labute approximate surface area is 284 Å². The average molecular weight is 667 g/mol. The molecule has 0 saturated heterocycles. The topological polar surface area (TPSA) is 103 Å². The summed E-state index contributed by atoms with van der Waals surface area (Å²) < 4.78 is 27.2. The van der Waals surface area contributed by atoms with Crippen molar-refractivity contribution in [1.29, 1.82) is 0 Å². The third kappa shape index (κ3) is 8.96. The van der Waals surface area contributed by atoms with Gasteiger partial charge in [-0.05, 0) is 96.6 Å². The first-order valence-electron chi connectivity index (χ1n) is 16.5. The number of hydrogen-bond acceptors (Lipinski definition) is 7. The minimum Gasteiger partial charge on any atom is -0.494 e. The summed E-state index contributed by atoms with van der Waals surface area (Å²) in [6, 6.07) is 10.2. The Balaban J connectivity index is 1.61. The van der Waals surface area contributed by atoms with Gasteiger partial charge >= 0.3 is 5.97 Å².